The van der Waals surface area contributed by atoms with Gasteiger partial charge in [0.25, 0.3) is 0 Å². The van der Waals surface area contributed by atoms with Crippen LogP contribution in [0.15, 0.2) is 36.4 Å². The van der Waals surface area contributed by atoms with Crippen LogP contribution in [-0.4, -0.2) is 21.8 Å². The van der Waals surface area contributed by atoms with Crippen LogP contribution >= 0.6 is 11.6 Å². The number of benzene rings is 1. The fourth-order valence-corrected chi connectivity index (χ4v) is 3.42. The lowest BCUT2D eigenvalue weighted by molar-refractivity contribution is -0.117. The van der Waals surface area contributed by atoms with E-state index < -0.39 is 0 Å². The molecule has 4 rings (SSSR count). The summed E-state index contributed by atoms with van der Waals surface area (Å²) in [4.78, 5) is 19.1. The predicted octanol–water partition coefficient (Wildman–Crippen LogP) is 4.40. The molecule has 0 bridgehead atoms. The second kappa shape index (κ2) is 5.64. The zero-order valence-electron chi connectivity index (χ0n) is 13.7. The van der Waals surface area contributed by atoms with Crippen LogP contribution in [0.25, 0.3) is 16.9 Å². The van der Waals surface area contributed by atoms with Gasteiger partial charge in [0.15, 0.2) is 0 Å². The van der Waals surface area contributed by atoms with Crippen LogP contribution in [0.3, 0.4) is 0 Å². The Morgan fingerprint density at radius 2 is 1.83 bits per heavy atom. The number of amides is 1. The number of carbonyl (C=O) groups excluding carboxylic acids is 1. The number of hydrogen-bond donors (Lipinski definition) is 0. The van der Waals surface area contributed by atoms with E-state index in [1.165, 1.54) is 5.56 Å². The highest BCUT2D eigenvalue weighted by molar-refractivity contribution is 6.30. The van der Waals surface area contributed by atoms with Gasteiger partial charge in [0.05, 0.1) is 0 Å². The molecular weight excluding hydrogens is 322 g/mol. The predicted molar refractivity (Wildman–Crippen MR) is 96.7 cm³/mol. The van der Waals surface area contributed by atoms with Crippen LogP contribution in [0.1, 0.15) is 24.1 Å². The van der Waals surface area contributed by atoms with E-state index in [4.69, 9.17) is 16.6 Å². The molecule has 1 aliphatic heterocycles. The van der Waals surface area contributed by atoms with Crippen LogP contribution in [0.5, 0.6) is 0 Å². The number of aryl methyl sites for hydroxylation is 2. The minimum absolute atomic E-state index is 0.160. The van der Waals surface area contributed by atoms with E-state index in [1.54, 1.807) is 0 Å². The maximum absolute atomic E-state index is 12.4. The largest absolute Gasteiger partial charge is 0.296 e. The Morgan fingerprint density at radius 1 is 1.08 bits per heavy atom. The summed E-state index contributed by atoms with van der Waals surface area (Å²) in [6, 6.07) is 11.7. The third-order valence-electron chi connectivity index (χ3n) is 4.71. The van der Waals surface area contributed by atoms with Gasteiger partial charge in [-0.05, 0) is 44.0 Å². The first-order chi connectivity index (χ1) is 11.6. The summed E-state index contributed by atoms with van der Waals surface area (Å²) in [5, 5.41) is 0.688. The molecule has 3 aromatic rings. The molecular formula is C19H18ClN3O. The number of imidazole rings is 1. The van der Waals surface area contributed by atoms with Crippen molar-refractivity contribution in [2.24, 2.45) is 0 Å². The van der Waals surface area contributed by atoms with Gasteiger partial charge in [-0.2, -0.15) is 0 Å². The number of carbonyl (C=O) groups is 1. The van der Waals surface area contributed by atoms with Crippen molar-refractivity contribution in [1.29, 1.82) is 0 Å². The number of halogens is 1. The highest BCUT2D eigenvalue weighted by Gasteiger charge is 2.29. The number of pyridine rings is 1. The van der Waals surface area contributed by atoms with Crippen LogP contribution in [-0.2, 0) is 4.79 Å². The lowest BCUT2D eigenvalue weighted by Gasteiger charge is -2.19. The van der Waals surface area contributed by atoms with E-state index in [0.717, 1.165) is 41.4 Å². The molecule has 4 nitrogen and oxygen atoms in total. The fourth-order valence-electron chi connectivity index (χ4n) is 3.29. The Hall–Kier alpha value is -2.33. The van der Waals surface area contributed by atoms with Gasteiger partial charge >= 0.3 is 0 Å². The lowest BCUT2D eigenvalue weighted by Crippen LogP contribution is -2.26. The molecule has 1 fully saturated rings. The van der Waals surface area contributed by atoms with Crippen molar-refractivity contribution in [3.05, 3.63) is 52.7 Å². The Morgan fingerprint density at radius 3 is 2.50 bits per heavy atom. The lowest BCUT2D eigenvalue weighted by atomic mass is 10.1. The minimum atomic E-state index is 0.160. The molecule has 0 unspecified atom stereocenters. The van der Waals surface area contributed by atoms with Gasteiger partial charge in [0.1, 0.15) is 17.2 Å². The Balaban J connectivity index is 2.04. The highest BCUT2D eigenvalue weighted by Crippen LogP contribution is 2.35. The zero-order valence-corrected chi connectivity index (χ0v) is 14.5. The summed E-state index contributed by atoms with van der Waals surface area (Å²) in [5.74, 6) is 1.03. The van der Waals surface area contributed by atoms with E-state index >= 15 is 0 Å². The highest BCUT2D eigenvalue weighted by atomic mass is 35.5. The minimum Gasteiger partial charge on any atom is -0.296 e. The summed E-state index contributed by atoms with van der Waals surface area (Å²) in [6.07, 6.45) is 1.48. The molecule has 0 spiro atoms. The molecule has 0 aliphatic carbocycles. The summed E-state index contributed by atoms with van der Waals surface area (Å²) >= 11 is 6.02. The van der Waals surface area contributed by atoms with Crippen molar-refractivity contribution in [1.82, 2.24) is 9.38 Å². The summed E-state index contributed by atoms with van der Waals surface area (Å²) in [6.45, 7) is 4.88. The first kappa shape index (κ1) is 15.2. The number of nitrogens with zero attached hydrogens (tertiary/aromatic N) is 3. The third kappa shape index (κ3) is 2.29. The van der Waals surface area contributed by atoms with Gasteiger partial charge < -0.3 is 0 Å². The maximum atomic E-state index is 12.4. The molecule has 2 aromatic heterocycles. The molecule has 1 saturated heterocycles. The topological polar surface area (TPSA) is 37.6 Å². The third-order valence-corrected chi connectivity index (χ3v) is 4.97. The average Bonchev–Trinajstić information content (AvgIpc) is 3.15. The molecule has 0 N–H and O–H groups in total. The van der Waals surface area contributed by atoms with E-state index in [9.17, 15) is 4.79 Å². The van der Waals surface area contributed by atoms with Gasteiger partial charge in [-0.25, -0.2) is 4.98 Å². The van der Waals surface area contributed by atoms with Gasteiger partial charge in [0, 0.05) is 29.2 Å². The Bertz CT molecular complexity index is 943. The van der Waals surface area contributed by atoms with Crippen LogP contribution in [0.4, 0.5) is 5.82 Å². The molecule has 24 heavy (non-hydrogen) atoms. The maximum Gasteiger partial charge on any atom is 0.228 e. The van der Waals surface area contributed by atoms with Gasteiger partial charge in [0.2, 0.25) is 5.91 Å². The van der Waals surface area contributed by atoms with E-state index in [0.29, 0.717) is 11.4 Å². The van der Waals surface area contributed by atoms with Gasteiger partial charge in [-0.1, -0.05) is 29.8 Å². The molecule has 0 saturated carbocycles. The smallest absolute Gasteiger partial charge is 0.228 e. The van der Waals surface area contributed by atoms with Crippen LogP contribution < -0.4 is 4.90 Å². The zero-order chi connectivity index (χ0) is 16.8. The molecule has 1 aromatic carbocycles. The Labute approximate surface area is 145 Å². The average molecular weight is 340 g/mol. The van der Waals surface area contributed by atoms with E-state index in [-0.39, 0.29) is 5.91 Å². The second-order valence-electron chi connectivity index (χ2n) is 6.24. The molecule has 1 amide bonds. The summed E-state index contributed by atoms with van der Waals surface area (Å²) in [7, 11) is 0. The van der Waals surface area contributed by atoms with E-state index in [1.807, 2.05) is 35.2 Å². The van der Waals surface area contributed by atoms with Crippen molar-refractivity contribution in [2.75, 3.05) is 11.4 Å². The first-order valence-electron chi connectivity index (χ1n) is 8.11. The van der Waals surface area contributed by atoms with E-state index in [2.05, 4.69) is 24.3 Å². The molecule has 3 heterocycles. The summed E-state index contributed by atoms with van der Waals surface area (Å²) < 4.78 is 2.10. The molecule has 1 aliphatic rings. The van der Waals surface area contributed by atoms with Crippen molar-refractivity contribution >= 4 is 29.0 Å². The number of aromatic nitrogens is 2. The second-order valence-corrected chi connectivity index (χ2v) is 6.67. The van der Waals surface area contributed by atoms with Crippen LogP contribution in [0.2, 0.25) is 5.02 Å². The molecule has 0 atom stereocenters. The Kier molecular flexibility index (Phi) is 3.57. The number of rotatable bonds is 2. The molecule has 122 valence electrons. The SMILES string of the molecule is Cc1ccc2nc(-c3ccc(Cl)cc3)c(N3CCCC3=O)n2c1C. The van der Waals surface area contributed by atoms with Gasteiger partial charge in [-0.15, -0.1) is 0 Å². The quantitative estimate of drug-likeness (QED) is 0.694. The van der Waals surface area contributed by atoms with Crippen molar-refractivity contribution in [3.63, 3.8) is 0 Å². The molecule has 0 radical (unpaired) electrons. The number of hydrogen-bond acceptors (Lipinski definition) is 2. The van der Waals surface area contributed by atoms with Crippen molar-refractivity contribution in [3.8, 4) is 11.3 Å². The standard InChI is InChI=1S/C19H18ClN3O/c1-12-5-10-16-21-18(14-6-8-15(20)9-7-14)19(23(16)13(12)2)22-11-3-4-17(22)24/h5-10H,3-4,11H2,1-2H3. The normalized spacial score (nSPS) is 14.8. The summed E-state index contributed by atoms with van der Waals surface area (Å²) in [5.41, 5.74) is 4.94. The van der Waals surface area contributed by atoms with Crippen LogP contribution in [0, 0.1) is 13.8 Å². The molecule has 5 heteroatoms. The fraction of sp³-hybridized carbons (Fsp3) is 0.263. The van der Waals surface area contributed by atoms with Crippen molar-refractivity contribution in [2.45, 2.75) is 26.7 Å². The number of fused-ring (bicyclic) bond motifs is 1. The number of anilines is 1. The first-order valence-corrected chi connectivity index (χ1v) is 8.49. The van der Waals surface area contributed by atoms with Gasteiger partial charge in [-0.3, -0.25) is 14.1 Å². The van der Waals surface area contributed by atoms with Crippen molar-refractivity contribution < 1.29 is 4.79 Å². The monoisotopic (exact) mass is 339 g/mol.